The van der Waals surface area contributed by atoms with Crippen molar-refractivity contribution in [3.63, 3.8) is 0 Å². The summed E-state index contributed by atoms with van der Waals surface area (Å²) in [5.74, 6) is 0.0699. The quantitative estimate of drug-likeness (QED) is 0.531. The third-order valence-electron chi connectivity index (χ3n) is 6.35. The number of esters is 1. The van der Waals surface area contributed by atoms with Gasteiger partial charge < -0.3 is 14.5 Å². The first-order valence-electron chi connectivity index (χ1n) is 10.5. The molecule has 2 amide bonds. The van der Waals surface area contributed by atoms with Gasteiger partial charge in [-0.1, -0.05) is 12.8 Å². The van der Waals surface area contributed by atoms with E-state index in [1.807, 2.05) is 0 Å². The second-order valence-electron chi connectivity index (χ2n) is 8.04. The summed E-state index contributed by atoms with van der Waals surface area (Å²) < 4.78 is 4.59. The Kier molecular flexibility index (Phi) is 7.10. The van der Waals surface area contributed by atoms with E-state index < -0.39 is 5.97 Å². The molecular weight excluding hydrogens is 346 g/mol. The van der Waals surface area contributed by atoms with Crippen molar-refractivity contribution in [2.24, 2.45) is 5.92 Å². The maximum absolute atomic E-state index is 13.3. The number of carbonyl (C=O) groups is 3. The van der Waals surface area contributed by atoms with E-state index in [1.54, 1.807) is 4.90 Å². The summed E-state index contributed by atoms with van der Waals surface area (Å²) in [5.41, 5.74) is 0. The van der Waals surface area contributed by atoms with Gasteiger partial charge in [0.25, 0.3) is 0 Å². The largest absolute Gasteiger partial charge is 0.469 e. The number of rotatable bonds is 5. The Labute approximate surface area is 162 Å². The maximum Gasteiger partial charge on any atom is 0.315 e. The Morgan fingerprint density at radius 3 is 2.07 bits per heavy atom. The molecule has 0 bridgehead atoms. The molecule has 1 saturated carbocycles. The van der Waals surface area contributed by atoms with E-state index in [4.69, 9.17) is 0 Å². The summed E-state index contributed by atoms with van der Waals surface area (Å²) in [6, 6.07) is -0.0385. The van der Waals surface area contributed by atoms with Crippen molar-refractivity contribution < 1.29 is 19.1 Å². The van der Waals surface area contributed by atoms with Crippen molar-refractivity contribution in [1.29, 1.82) is 0 Å². The van der Waals surface area contributed by atoms with Crippen LogP contribution in [-0.2, 0) is 19.1 Å². The predicted molar refractivity (Wildman–Crippen MR) is 101 cm³/mol. The molecule has 3 aliphatic rings. The van der Waals surface area contributed by atoms with Gasteiger partial charge in [0.05, 0.1) is 13.2 Å². The Balaban J connectivity index is 1.61. The van der Waals surface area contributed by atoms with E-state index in [0.717, 1.165) is 38.8 Å². The lowest BCUT2D eigenvalue weighted by Crippen LogP contribution is -2.59. The van der Waals surface area contributed by atoms with Crippen LogP contribution in [0.5, 0.6) is 0 Å². The highest BCUT2D eigenvalue weighted by molar-refractivity contribution is 5.94. The van der Waals surface area contributed by atoms with Gasteiger partial charge in [-0.05, 0) is 38.0 Å². The number of ether oxygens (including phenoxy) is 1. The number of likely N-dealkylation sites (tertiary alicyclic amines) is 1. The van der Waals surface area contributed by atoms with Crippen molar-refractivity contribution in [1.82, 2.24) is 14.7 Å². The molecule has 7 nitrogen and oxygen atoms in total. The molecule has 1 atom stereocenters. The van der Waals surface area contributed by atoms with Gasteiger partial charge in [0.15, 0.2) is 0 Å². The highest BCUT2D eigenvalue weighted by Crippen LogP contribution is 2.32. The predicted octanol–water partition coefficient (Wildman–Crippen LogP) is 1.27. The number of hydrogen-bond donors (Lipinski definition) is 0. The Morgan fingerprint density at radius 2 is 1.48 bits per heavy atom. The minimum atomic E-state index is -0.494. The second kappa shape index (κ2) is 9.53. The van der Waals surface area contributed by atoms with Crippen molar-refractivity contribution >= 4 is 17.8 Å². The normalized spacial score (nSPS) is 23.3. The average Bonchev–Trinajstić information content (AvgIpc) is 3.23. The van der Waals surface area contributed by atoms with Crippen LogP contribution in [0.25, 0.3) is 0 Å². The van der Waals surface area contributed by atoms with Crippen molar-refractivity contribution in [2.75, 3.05) is 46.4 Å². The Hall–Kier alpha value is -1.63. The van der Waals surface area contributed by atoms with Crippen LogP contribution in [0, 0.1) is 5.92 Å². The molecule has 27 heavy (non-hydrogen) atoms. The first-order chi connectivity index (χ1) is 13.1. The van der Waals surface area contributed by atoms with Crippen LogP contribution in [0.2, 0.25) is 0 Å². The minimum absolute atomic E-state index is 0.0385. The van der Waals surface area contributed by atoms with Crippen LogP contribution < -0.4 is 0 Å². The summed E-state index contributed by atoms with van der Waals surface area (Å²) in [4.78, 5) is 43.0. The molecule has 2 aliphatic heterocycles. The van der Waals surface area contributed by atoms with E-state index in [2.05, 4.69) is 14.5 Å². The van der Waals surface area contributed by atoms with Crippen LogP contribution in [0.15, 0.2) is 0 Å². The van der Waals surface area contributed by atoms with Gasteiger partial charge in [0, 0.05) is 39.3 Å². The van der Waals surface area contributed by atoms with Crippen molar-refractivity contribution in [3.05, 3.63) is 0 Å². The molecule has 2 saturated heterocycles. The molecule has 152 valence electrons. The molecule has 0 N–H and O–H groups in total. The van der Waals surface area contributed by atoms with E-state index in [-0.39, 0.29) is 18.4 Å². The fourth-order valence-electron chi connectivity index (χ4n) is 4.79. The molecule has 0 radical (unpaired) electrons. The van der Waals surface area contributed by atoms with Gasteiger partial charge in [-0.2, -0.15) is 0 Å². The average molecular weight is 380 g/mol. The monoisotopic (exact) mass is 379 g/mol. The van der Waals surface area contributed by atoms with Crippen LogP contribution in [0.3, 0.4) is 0 Å². The van der Waals surface area contributed by atoms with Gasteiger partial charge in [-0.3, -0.25) is 19.3 Å². The molecule has 0 aromatic carbocycles. The lowest BCUT2D eigenvalue weighted by Gasteiger charge is -2.43. The zero-order valence-electron chi connectivity index (χ0n) is 16.5. The molecule has 0 spiro atoms. The summed E-state index contributed by atoms with van der Waals surface area (Å²) in [6.07, 6.45) is 7.93. The maximum atomic E-state index is 13.3. The minimum Gasteiger partial charge on any atom is -0.469 e. The first-order valence-corrected chi connectivity index (χ1v) is 10.5. The van der Waals surface area contributed by atoms with Gasteiger partial charge >= 0.3 is 5.97 Å². The van der Waals surface area contributed by atoms with Crippen LogP contribution in [-0.4, -0.2) is 84.9 Å². The van der Waals surface area contributed by atoms with Gasteiger partial charge in [-0.15, -0.1) is 0 Å². The highest BCUT2D eigenvalue weighted by Gasteiger charge is 2.39. The zero-order valence-corrected chi connectivity index (χ0v) is 16.5. The van der Waals surface area contributed by atoms with E-state index in [1.165, 1.54) is 26.4 Å². The third-order valence-corrected chi connectivity index (χ3v) is 6.35. The fourth-order valence-corrected chi connectivity index (χ4v) is 4.79. The number of piperidine rings is 1. The van der Waals surface area contributed by atoms with Crippen molar-refractivity contribution in [3.8, 4) is 0 Å². The number of nitrogens with zero attached hydrogens (tertiary/aromatic N) is 3. The van der Waals surface area contributed by atoms with Gasteiger partial charge in [-0.25, -0.2) is 0 Å². The standard InChI is InChI=1S/C20H33N3O4/c1-27-18(25)15-17(24)21-11-13-22(14-12-21)19(16-7-3-4-8-16)20(26)23-9-5-2-6-10-23/h16,19H,2-15H2,1H3. The molecule has 0 aromatic rings. The Bertz CT molecular complexity index is 533. The number of amides is 2. The Morgan fingerprint density at radius 1 is 0.852 bits per heavy atom. The second-order valence-corrected chi connectivity index (χ2v) is 8.04. The lowest BCUT2D eigenvalue weighted by molar-refractivity contribution is -0.148. The fraction of sp³-hybridized carbons (Fsp3) is 0.850. The summed E-state index contributed by atoms with van der Waals surface area (Å²) in [7, 11) is 1.30. The van der Waals surface area contributed by atoms with E-state index in [9.17, 15) is 14.4 Å². The summed E-state index contributed by atoms with van der Waals surface area (Å²) in [5, 5.41) is 0. The lowest BCUT2D eigenvalue weighted by atomic mass is 9.93. The van der Waals surface area contributed by atoms with Crippen molar-refractivity contribution in [2.45, 2.75) is 57.4 Å². The molecule has 0 aromatic heterocycles. The molecule has 1 aliphatic carbocycles. The molecule has 3 rings (SSSR count). The highest BCUT2D eigenvalue weighted by atomic mass is 16.5. The van der Waals surface area contributed by atoms with Crippen LogP contribution in [0.4, 0.5) is 0 Å². The van der Waals surface area contributed by atoms with Crippen LogP contribution >= 0.6 is 0 Å². The number of carbonyl (C=O) groups excluding carboxylic acids is 3. The SMILES string of the molecule is COC(=O)CC(=O)N1CCN(C(C(=O)N2CCCCC2)C2CCCC2)CC1. The summed E-state index contributed by atoms with van der Waals surface area (Å²) in [6.45, 7) is 4.33. The summed E-state index contributed by atoms with van der Waals surface area (Å²) >= 11 is 0. The molecule has 7 heteroatoms. The van der Waals surface area contributed by atoms with E-state index >= 15 is 0 Å². The molecule has 2 heterocycles. The topological polar surface area (TPSA) is 70.2 Å². The van der Waals surface area contributed by atoms with Crippen LogP contribution in [0.1, 0.15) is 51.4 Å². The number of methoxy groups -OCH3 is 1. The first kappa shape index (κ1) is 20.1. The number of piperazine rings is 1. The molecule has 3 fully saturated rings. The zero-order chi connectivity index (χ0) is 19.2. The third kappa shape index (κ3) is 5.00. The smallest absolute Gasteiger partial charge is 0.315 e. The van der Waals surface area contributed by atoms with Gasteiger partial charge in [0.2, 0.25) is 11.8 Å². The number of hydrogen-bond acceptors (Lipinski definition) is 5. The van der Waals surface area contributed by atoms with E-state index in [0.29, 0.717) is 38.0 Å². The molecule has 1 unspecified atom stereocenters. The molecular formula is C20H33N3O4. The van der Waals surface area contributed by atoms with Gasteiger partial charge in [0.1, 0.15) is 6.42 Å².